The van der Waals surface area contributed by atoms with Crippen molar-refractivity contribution < 1.29 is 18.8 Å². The fraction of sp³-hybridized carbons (Fsp3) is 0.250. The number of aromatic nitrogens is 1. The molecule has 1 aromatic heterocycles. The zero-order valence-corrected chi connectivity index (χ0v) is 18.8. The van der Waals surface area contributed by atoms with Crippen LogP contribution in [0.25, 0.3) is 10.8 Å². The summed E-state index contributed by atoms with van der Waals surface area (Å²) in [6.07, 6.45) is 3.00. The van der Waals surface area contributed by atoms with E-state index < -0.39 is 11.7 Å². The van der Waals surface area contributed by atoms with E-state index in [4.69, 9.17) is 11.6 Å². The summed E-state index contributed by atoms with van der Waals surface area (Å²) in [7, 11) is 0. The first-order valence-corrected chi connectivity index (χ1v) is 10.8. The Hall–Kier alpha value is -3.52. The molecular weight excluding hydrogens is 447 g/mol. The summed E-state index contributed by atoms with van der Waals surface area (Å²) in [5.74, 6) is -2.21. The van der Waals surface area contributed by atoms with Gasteiger partial charge in [0.05, 0.1) is 24.3 Å². The lowest BCUT2D eigenvalue weighted by molar-refractivity contribution is -0.123. The van der Waals surface area contributed by atoms with Crippen LogP contribution in [0.15, 0.2) is 48.8 Å². The molecule has 0 unspecified atom stereocenters. The minimum absolute atomic E-state index is 0.0103. The average molecular weight is 469 g/mol. The largest absolute Gasteiger partial charge is 0.352 e. The minimum atomic E-state index is -0.765. The molecule has 3 amide bonds. The van der Waals surface area contributed by atoms with Gasteiger partial charge in [0.1, 0.15) is 5.82 Å². The van der Waals surface area contributed by atoms with Crippen molar-refractivity contribution in [2.24, 2.45) is 0 Å². The van der Waals surface area contributed by atoms with Gasteiger partial charge in [0, 0.05) is 40.1 Å². The van der Waals surface area contributed by atoms with Crippen LogP contribution in [0.5, 0.6) is 0 Å². The van der Waals surface area contributed by atoms with Gasteiger partial charge in [-0.1, -0.05) is 11.6 Å². The number of benzene rings is 2. The van der Waals surface area contributed by atoms with Crippen molar-refractivity contribution in [2.45, 2.75) is 25.8 Å². The van der Waals surface area contributed by atoms with Crippen LogP contribution < -0.4 is 10.6 Å². The van der Waals surface area contributed by atoms with E-state index in [0.717, 1.165) is 0 Å². The van der Waals surface area contributed by atoms with Crippen LogP contribution >= 0.6 is 11.6 Å². The highest BCUT2D eigenvalue weighted by Crippen LogP contribution is 2.32. The molecule has 0 radical (unpaired) electrons. The third-order valence-electron chi connectivity index (χ3n) is 5.39. The number of hydrogen-bond donors (Lipinski definition) is 2. The molecule has 0 saturated heterocycles. The number of carbonyl (C=O) groups is 3. The lowest BCUT2D eigenvalue weighted by Crippen LogP contribution is -2.48. The Morgan fingerprint density at radius 1 is 1.21 bits per heavy atom. The van der Waals surface area contributed by atoms with Crippen LogP contribution in [0, 0.1) is 5.82 Å². The van der Waals surface area contributed by atoms with Crippen LogP contribution in [-0.2, 0) is 9.59 Å². The first-order chi connectivity index (χ1) is 15.7. The molecule has 0 bridgehead atoms. The van der Waals surface area contributed by atoms with Crippen molar-refractivity contribution in [1.82, 2.24) is 15.2 Å². The number of pyridine rings is 1. The number of hydrogen-bond acceptors (Lipinski definition) is 4. The topological polar surface area (TPSA) is 91.4 Å². The molecule has 2 aromatic carbocycles. The second-order valence-corrected chi connectivity index (χ2v) is 8.67. The van der Waals surface area contributed by atoms with Gasteiger partial charge >= 0.3 is 0 Å². The van der Waals surface area contributed by atoms with Crippen molar-refractivity contribution >= 4 is 45.8 Å². The molecular formula is C24H22ClFN4O3. The van der Waals surface area contributed by atoms with Crippen LogP contribution in [0.1, 0.15) is 35.7 Å². The second-order valence-electron chi connectivity index (χ2n) is 8.23. The van der Waals surface area contributed by atoms with Gasteiger partial charge in [0.2, 0.25) is 11.8 Å². The Labute approximate surface area is 194 Å². The predicted octanol–water partition coefficient (Wildman–Crippen LogP) is 3.73. The third kappa shape index (κ3) is 4.80. The molecule has 1 aliphatic rings. The molecule has 1 atom stereocenters. The number of nitrogens with zero attached hydrogens (tertiary/aromatic N) is 2. The van der Waals surface area contributed by atoms with E-state index in [1.807, 2.05) is 13.8 Å². The lowest BCUT2D eigenvalue weighted by atomic mass is 9.88. The van der Waals surface area contributed by atoms with E-state index >= 15 is 0 Å². The first-order valence-electron chi connectivity index (χ1n) is 10.4. The van der Waals surface area contributed by atoms with Crippen molar-refractivity contribution in [1.29, 1.82) is 0 Å². The number of rotatable bonds is 5. The summed E-state index contributed by atoms with van der Waals surface area (Å²) in [5.41, 5.74) is 1.23. The standard InChI is InChI=1S/C24H22ClFN4O3/c1-13(2)28-22(31)12-30-11-20(19-8-15(25)3-5-18(19)24(30)33)23(32)29-21-10-27-9-14-7-16(26)4-6-17(14)21/h3-10,13,20H,11-12H2,1-2H3,(H,28,31)(H,29,32)/t20-/m1/s1. The summed E-state index contributed by atoms with van der Waals surface area (Å²) >= 11 is 6.16. The maximum absolute atomic E-state index is 13.6. The molecule has 0 spiro atoms. The third-order valence-corrected chi connectivity index (χ3v) is 5.62. The maximum atomic E-state index is 13.6. The maximum Gasteiger partial charge on any atom is 0.254 e. The Morgan fingerprint density at radius 3 is 2.76 bits per heavy atom. The summed E-state index contributed by atoms with van der Waals surface area (Å²) in [6.45, 7) is 3.50. The van der Waals surface area contributed by atoms with Crippen LogP contribution in [0.3, 0.4) is 0 Å². The van der Waals surface area contributed by atoms with Gasteiger partial charge in [-0.3, -0.25) is 19.4 Å². The minimum Gasteiger partial charge on any atom is -0.352 e. The van der Waals surface area contributed by atoms with Gasteiger partial charge in [-0.25, -0.2) is 4.39 Å². The number of fused-ring (bicyclic) bond motifs is 2. The first kappa shape index (κ1) is 22.7. The summed E-state index contributed by atoms with van der Waals surface area (Å²) in [4.78, 5) is 44.1. The molecule has 170 valence electrons. The fourth-order valence-electron chi connectivity index (χ4n) is 3.96. The molecule has 3 aromatic rings. The van der Waals surface area contributed by atoms with Gasteiger partial charge in [-0.2, -0.15) is 0 Å². The molecule has 4 rings (SSSR count). The zero-order valence-electron chi connectivity index (χ0n) is 18.1. The smallest absolute Gasteiger partial charge is 0.254 e. The highest BCUT2D eigenvalue weighted by molar-refractivity contribution is 6.30. The number of amides is 3. The summed E-state index contributed by atoms with van der Waals surface area (Å²) in [5, 5.41) is 7.18. The second kappa shape index (κ2) is 9.15. The van der Waals surface area contributed by atoms with E-state index in [2.05, 4.69) is 15.6 Å². The monoisotopic (exact) mass is 468 g/mol. The molecule has 9 heteroatoms. The Kier molecular flexibility index (Phi) is 6.29. The highest BCUT2D eigenvalue weighted by Gasteiger charge is 2.36. The lowest BCUT2D eigenvalue weighted by Gasteiger charge is -2.33. The molecule has 2 N–H and O–H groups in total. The van der Waals surface area contributed by atoms with Crippen molar-refractivity contribution in [3.05, 3.63) is 70.8 Å². The van der Waals surface area contributed by atoms with Gasteiger partial charge in [-0.05, 0) is 55.8 Å². The van der Waals surface area contributed by atoms with E-state index in [0.29, 0.717) is 32.6 Å². The van der Waals surface area contributed by atoms with E-state index in [-0.39, 0.29) is 36.9 Å². The van der Waals surface area contributed by atoms with Crippen molar-refractivity contribution in [2.75, 3.05) is 18.4 Å². The predicted molar refractivity (Wildman–Crippen MR) is 124 cm³/mol. The van der Waals surface area contributed by atoms with Crippen molar-refractivity contribution in [3.8, 4) is 0 Å². The SMILES string of the molecule is CC(C)NC(=O)CN1C[C@@H](C(=O)Nc2cncc3cc(F)ccc23)c2cc(Cl)ccc2C1=O. The van der Waals surface area contributed by atoms with Gasteiger partial charge < -0.3 is 15.5 Å². The van der Waals surface area contributed by atoms with E-state index in [1.165, 1.54) is 29.4 Å². The molecule has 1 aliphatic heterocycles. The Bertz CT molecular complexity index is 1260. The van der Waals surface area contributed by atoms with Crippen molar-refractivity contribution in [3.63, 3.8) is 0 Å². The van der Waals surface area contributed by atoms with Crippen LogP contribution in [-0.4, -0.2) is 46.7 Å². The normalized spacial score (nSPS) is 15.5. The summed E-state index contributed by atoms with van der Waals surface area (Å²) < 4.78 is 13.6. The van der Waals surface area contributed by atoms with Gasteiger partial charge in [0.15, 0.2) is 0 Å². The summed E-state index contributed by atoms with van der Waals surface area (Å²) in [6, 6.07) is 8.87. The molecule has 0 fully saturated rings. The molecule has 0 saturated carbocycles. The van der Waals surface area contributed by atoms with E-state index in [9.17, 15) is 18.8 Å². The number of nitrogens with one attached hydrogen (secondary N) is 2. The average Bonchev–Trinajstić information content (AvgIpc) is 2.75. The quantitative estimate of drug-likeness (QED) is 0.597. The van der Waals surface area contributed by atoms with Gasteiger partial charge in [0.25, 0.3) is 5.91 Å². The highest BCUT2D eigenvalue weighted by atomic mass is 35.5. The number of anilines is 1. The molecule has 7 nitrogen and oxygen atoms in total. The molecule has 0 aliphatic carbocycles. The van der Waals surface area contributed by atoms with E-state index in [1.54, 1.807) is 24.3 Å². The van der Waals surface area contributed by atoms with Gasteiger partial charge in [-0.15, -0.1) is 0 Å². The van der Waals surface area contributed by atoms with Crippen LogP contribution in [0.2, 0.25) is 5.02 Å². The number of carbonyl (C=O) groups excluding carboxylic acids is 3. The molecule has 33 heavy (non-hydrogen) atoms. The zero-order chi connectivity index (χ0) is 23.7. The Balaban J connectivity index is 1.66. The van der Waals surface area contributed by atoms with Crippen LogP contribution in [0.4, 0.5) is 10.1 Å². The molecule has 2 heterocycles. The fourth-order valence-corrected chi connectivity index (χ4v) is 4.14. The Morgan fingerprint density at radius 2 is 2.00 bits per heavy atom. The number of halogens is 2.